The van der Waals surface area contributed by atoms with Gasteiger partial charge in [-0.25, -0.2) is 0 Å². The van der Waals surface area contributed by atoms with E-state index in [1.807, 2.05) is 18.7 Å². The molecule has 0 aromatic heterocycles. The summed E-state index contributed by atoms with van der Waals surface area (Å²) < 4.78 is 4.94. The first kappa shape index (κ1) is 14.7. The first-order chi connectivity index (χ1) is 7.06. The van der Waals surface area contributed by atoms with Crippen LogP contribution in [0.5, 0.6) is 0 Å². The number of primary amides is 1. The second kappa shape index (κ2) is 7.96. The Morgan fingerprint density at radius 1 is 1.53 bits per heavy atom. The maximum absolute atomic E-state index is 11.2. The molecule has 1 atom stereocenters. The molecule has 0 aromatic carbocycles. The number of ether oxygens (including phenoxy) is 1. The summed E-state index contributed by atoms with van der Waals surface area (Å²) in [6, 6.07) is 0. The van der Waals surface area contributed by atoms with Crippen LogP contribution in [-0.2, 0) is 9.53 Å². The number of likely N-dealkylation sites (N-methyl/N-ethyl adjacent to an activating group) is 1. The zero-order valence-electron chi connectivity index (χ0n) is 9.84. The summed E-state index contributed by atoms with van der Waals surface area (Å²) in [4.78, 5) is 11.2. The van der Waals surface area contributed by atoms with Crippen LogP contribution in [0.15, 0.2) is 0 Å². The summed E-state index contributed by atoms with van der Waals surface area (Å²) in [5, 5.41) is 2.97. The molecule has 0 aliphatic rings. The minimum Gasteiger partial charge on any atom is -0.384 e. The van der Waals surface area contributed by atoms with Crippen LogP contribution in [0.1, 0.15) is 19.8 Å². The van der Waals surface area contributed by atoms with Gasteiger partial charge in [-0.15, -0.1) is 0 Å². The van der Waals surface area contributed by atoms with E-state index in [4.69, 9.17) is 10.5 Å². The molecule has 0 aromatic rings. The van der Waals surface area contributed by atoms with Crippen molar-refractivity contribution in [3.8, 4) is 0 Å². The molecule has 90 valence electrons. The van der Waals surface area contributed by atoms with Crippen molar-refractivity contribution in [3.05, 3.63) is 0 Å². The Bertz CT molecular complexity index is 190. The van der Waals surface area contributed by atoms with Crippen LogP contribution in [0.2, 0.25) is 0 Å². The molecule has 1 unspecified atom stereocenters. The molecule has 0 saturated carbocycles. The summed E-state index contributed by atoms with van der Waals surface area (Å²) in [6.07, 6.45) is 1.76. The van der Waals surface area contributed by atoms with Crippen molar-refractivity contribution in [1.29, 1.82) is 0 Å². The molecule has 0 aliphatic heterocycles. The standard InChI is InChI=1S/C10H22N2O2S/c1-10(12-2,9(11)13)5-4-7-15-8-6-14-3/h12H,4-8H2,1-3H3,(H2,11,13). The number of carbonyl (C=O) groups is 1. The first-order valence-corrected chi connectivity index (χ1v) is 6.28. The number of methoxy groups -OCH3 is 1. The van der Waals surface area contributed by atoms with Gasteiger partial charge >= 0.3 is 0 Å². The molecule has 0 heterocycles. The van der Waals surface area contributed by atoms with Crippen molar-refractivity contribution in [2.24, 2.45) is 5.73 Å². The van der Waals surface area contributed by atoms with E-state index >= 15 is 0 Å². The second-order valence-electron chi connectivity index (χ2n) is 3.66. The van der Waals surface area contributed by atoms with E-state index in [-0.39, 0.29) is 5.91 Å². The van der Waals surface area contributed by atoms with Crippen molar-refractivity contribution in [2.75, 3.05) is 32.3 Å². The highest BCUT2D eigenvalue weighted by molar-refractivity contribution is 7.99. The van der Waals surface area contributed by atoms with E-state index in [2.05, 4.69) is 5.32 Å². The Kier molecular flexibility index (Phi) is 7.82. The third kappa shape index (κ3) is 6.02. The maximum atomic E-state index is 11.2. The molecular weight excluding hydrogens is 212 g/mol. The molecule has 0 radical (unpaired) electrons. The van der Waals surface area contributed by atoms with Gasteiger partial charge in [0, 0.05) is 12.9 Å². The summed E-state index contributed by atoms with van der Waals surface area (Å²) >= 11 is 1.84. The largest absolute Gasteiger partial charge is 0.384 e. The van der Waals surface area contributed by atoms with Crippen molar-refractivity contribution in [1.82, 2.24) is 5.32 Å². The first-order valence-electron chi connectivity index (χ1n) is 5.12. The van der Waals surface area contributed by atoms with Gasteiger partial charge in [0.1, 0.15) is 0 Å². The van der Waals surface area contributed by atoms with Gasteiger partial charge in [0.2, 0.25) is 5.91 Å². The molecule has 0 fully saturated rings. The highest BCUT2D eigenvalue weighted by Gasteiger charge is 2.27. The average molecular weight is 234 g/mol. The predicted molar refractivity (Wildman–Crippen MR) is 65.1 cm³/mol. The van der Waals surface area contributed by atoms with E-state index in [9.17, 15) is 4.79 Å². The summed E-state index contributed by atoms with van der Waals surface area (Å²) in [5.41, 5.74) is 4.75. The Balaban J connectivity index is 3.60. The van der Waals surface area contributed by atoms with Crippen LogP contribution in [0.25, 0.3) is 0 Å². The van der Waals surface area contributed by atoms with Gasteiger partial charge in [-0.3, -0.25) is 4.79 Å². The van der Waals surface area contributed by atoms with Crippen LogP contribution in [0.3, 0.4) is 0 Å². The van der Waals surface area contributed by atoms with Crippen LogP contribution in [0, 0.1) is 0 Å². The fourth-order valence-electron chi connectivity index (χ4n) is 1.14. The number of carbonyl (C=O) groups excluding carboxylic acids is 1. The third-order valence-electron chi connectivity index (χ3n) is 2.49. The minimum absolute atomic E-state index is 0.285. The van der Waals surface area contributed by atoms with E-state index in [0.29, 0.717) is 0 Å². The van der Waals surface area contributed by atoms with Crippen LogP contribution in [0.4, 0.5) is 0 Å². The molecule has 0 saturated heterocycles. The number of hydrogen-bond acceptors (Lipinski definition) is 4. The summed E-state index contributed by atoms with van der Waals surface area (Å²) in [6.45, 7) is 2.62. The predicted octanol–water partition coefficient (Wildman–Crippen LogP) is 0.610. The molecule has 4 nitrogen and oxygen atoms in total. The second-order valence-corrected chi connectivity index (χ2v) is 4.88. The van der Waals surface area contributed by atoms with Crippen molar-refractivity contribution in [3.63, 3.8) is 0 Å². The van der Waals surface area contributed by atoms with Gasteiger partial charge in [-0.1, -0.05) is 0 Å². The lowest BCUT2D eigenvalue weighted by molar-refractivity contribution is -0.123. The van der Waals surface area contributed by atoms with Crippen LogP contribution < -0.4 is 11.1 Å². The highest BCUT2D eigenvalue weighted by atomic mass is 32.2. The van der Waals surface area contributed by atoms with Crippen LogP contribution >= 0.6 is 11.8 Å². The van der Waals surface area contributed by atoms with Gasteiger partial charge in [0.15, 0.2) is 0 Å². The smallest absolute Gasteiger partial charge is 0.237 e. The molecule has 5 heteroatoms. The van der Waals surface area contributed by atoms with Gasteiger partial charge < -0.3 is 15.8 Å². The topological polar surface area (TPSA) is 64.3 Å². The number of rotatable bonds is 9. The number of nitrogens with two attached hydrogens (primary N) is 1. The van der Waals surface area contributed by atoms with Crippen LogP contribution in [-0.4, -0.2) is 43.7 Å². The zero-order valence-corrected chi connectivity index (χ0v) is 10.7. The average Bonchev–Trinajstić information content (AvgIpc) is 2.22. The molecule has 0 rings (SSSR count). The lowest BCUT2D eigenvalue weighted by atomic mass is 9.96. The van der Waals surface area contributed by atoms with Gasteiger partial charge in [0.25, 0.3) is 0 Å². The van der Waals surface area contributed by atoms with E-state index in [1.165, 1.54) is 0 Å². The number of hydrogen-bond donors (Lipinski definition) is 2. The van der Waals surface area contributed by atoms with Gasteiger partial charge in [-0.2, -0.15) is 11.8 Å². The zero-order chi connectivity index (χ0) is 11.7. The Hall–Kier alpha value is -0.260. The van der Waals surface area contributed by atoms with E-state index in [1.54, 1.807) is 14.2 Å². The SMILES string of the molecule is CNC(C)(CCCSCCOC)C(N)=O. The van der Waals surface area contributed by atoms with E-state index in [0.717, 1.165) is 31.0 Å². The minimum atomic E-state index is -0.568. The molecule has 1 amide bonds. The van der Waals surface area contributed by atoms with E-state index < -0.39 is 5.54 Å². The Labute approximate surface area is 96.3 Å². The van der Waals surface area contributed by atoms with Crippen molar-refractivity contribution in [2.45, 2.75) is 25.3 Å². The van der Waals surface area contributed by atoms with Gasteiger partial charge in [0.05, 0.1) is 12.1 Å². The molecular formula is C10H22N2O2S. The number of amides is 1. The molecule has 0 bridgehead atoms. The molecule has 0 spiro atoms. The molecule has 0 aliphatic carbocycles. The van der Waals surface area contributed by atoms with Crippen molar-refractivity contribution >= 4 is 17.7 Å². The summed E-state index contributed by atoms with van der Waals surface area (Å²) in [7, 11) is 3.47. The third-order valence-corrected chi connectivity index (χ3v) is 3.53. The molecule has 15 heavy (non-hydrogen) atoms. The number of thioether (sulfide) groups is 1. The Morgan fingerprint density at radius 2 is 2.20 bits per heavy atom. The summed E-state index contributed by atoms with van der Waals surface area (Å²) in [5.74, 6) is 1.75. The lowest BCUT2D eigenvalue weighted by Gasteiger charge is -2.25. The lowest BCUT2D eigenvalue weighted by Crippen LogP contribution is -2.51. The highest BCUT2D eigenvalue weighted by Crippen LogP contribution is 2.14. The number of nitrogens with one attached hydrogen (secondary N) is 1. The maximum Gasteiger partial charge on any atom is 0.237 e. The normalized spacial score (nSPS) is 14.9. The monoisotopic (exact) mass is 234 g/mol. The van der Waals surface area contributed by atoms with Crippen molar-refractivity contribution < 1.29 is 9.53 Å². The molecule has 3 N–H and O–H groups in total. The Morgan fingerprint density at radius 3 is 2.67 bits per heavy atom. The fraction of sp³-hybridized carbons (Fsp3) is 0.900. The quantitative estimate of drug-likeness (QED) is 0.574. The van der Waals surface area contributed by atoms with Gasteiger partial charge in [-0.05, 0) is 32.6 Å². The fourth-order valence-corrected chi connectivity index (χ4v) is 1.98.